The van der Waals surface area contributed by atoms with Gasteiger partial charge in [-0.3, -0.25) is 14.6 Å². The van der Waals surface area contributed by atoms with E-state index in [1.165, 1.54) is 12.1 Å². The average Bonchev–Trinajstić information content (AvgIpc) is 2.88. The Kier molecular flexibility index (Phi) is 5.66. The first-order valence-electron chi connectivity index (χ1n) is 10.5. The van der Waals surface area contributed by atoms with E-state index in [0.717, 1.165) is 44.1 Å². The van der Waals surface area contributed by atoms with Gasteiger partial charge in [0.15, 0.2) is 0 Å². The van der Waals surface area contributed by atoms with E-state index in [1.807, 2.05) is 31.2 Å². The molecule has 30 heavy (non-hydrogen) atoms. The number of nitrogens with one attached hydrogen (secondary N) is 1. The molecular formula is C24H26FN3O2. The molecule has 0 atom stereocenters. The average molecular weight is 407 g/mol. The van der Waals surface area contributed by atoms with Crippen molar-refractivity contribution < 1.29 is 14.0 Å². The molecule has 1 aliphatic heterocycles. The Balaban J connectivity index is 1.59. The van der Waals surface area contributed by atoms with Crippen molar-refractivity contribution in [2.45, 2.75) is 51.1 Å². The third-order valence-corrected chi connectivity index (χ3v) is 5.93. The quantitative estimate of drug-likeness (QED) is 0.814. The van der Waals surface area contributed by atoms with Gasteiger partial charge in [-0.25, -0.2) is 4.39 Å². The Morgan fingerprint density at radius 3 is 2.30 bits per heavy atom. The lowest BCUT2D eigenvalue weighted by atomic mass is 10.00. The number of aliphatic imine (C=N–C) groups is 1. The summed E-state index contributed by atoms with van der Waals surface area (Å²) < 4.78 is 13.4. The van der Waals surface area contributed by atoms with Crippen molar-refractivity contribution in [1.82, 2.24) is 4.90 Å². The Morgan fingerprint density at radius 1 is 1.03 bits per heavy atom. The highest BCUT2D eigenvalue weighted by Gasteiger charge is 2.47. The highest BCUT2D eigenvalue weighted by atomic mass is 19.1. The lowest BCUT2D eigenvalue weighted by Gasteiger charge is -2.35. The topological polar surface area (TPSA) is 61.8 Å². The molecule has 0 saturated heterocycles. The van der Waals surface area contributed by atoms with Crippen LogP contribution in [0.1, 0.15) is 49.7 Å². The van der Waals surface area contributed by atoms with E-state index in [4.69, 9.17) is 4.99 Å². The maximum atomic E-state index is 13.4. The van der Waals surface area contributed by atoms with E-state index < -0.39 is 5.66 Å². The summed E-state index contributed by atoms with van der Waals surface area (Å²) in [4.78, 5) is 32.6. The first-order valence-corrected chi connectivity index (χ1v) is 10.5. The van der Waals surface area contributed by atoms with E-state index in [-0.39, 0.29) is 24.2 Å². The molecule has 1 spiro atoms. The number of carbonyl (C=O) groups is 2. The molecule has 2 aromatic rings. The number of benzene rings is 2. The van der Waals surface area contributed by atoms with E-state index in [1.54, 1.807) is 17.0 Å². The summed E-state index contributed by atoms with van der Waals surface area (Å²) in [7, 11) is 0. The number of nitrogens with zero attached hydrogens (tertiary/aromatic N) is 2. The van der Waals surface area contributed by atoms with Crippen LogP contribution in [-0.2, 0) is 9.59 Å². The molecule has 2 amide bonds. The standard InChI is InChI=1S/C24H26FN3O2/c1-17-6-12-20(13-7-17)26-21(29)16-28-23(30)22(18-8-10-19(25)11-9-18)27-24(28)14-4-2-3-5-15-24/h6-13H,2-5,14-16H2,1H3,(H,26,29). The van der Waals surface area contributed by atoms with Crippen LogP contribution in [0.15, 0.2) is 53.5 Å². The highest BCUT2D eigenvalue weighted by molar-refractivity contribution is 6.47. The number of hydrogen-bond acceptors (Lipinski definition) is 3. The second-order valence-electron chi connectivity index (χ2n) is 8.17. The van der Waals surface area contributed by atoms with Crippen LogP contribution in [0.2, 0.25) is 0 Å². The molecule has 0 radical (unpaired) electrons. The van der Waals surface area contributed by atoms with Gasteiger partial charge >= 0.3 is 0 Å². The zero-order valence-corrected chi connectivity index (χ0v) is 17.2. The molecule has 6 heteroatoms. The van der Waals surface area contributed by atoms with Gasteiger partial charge in [-0.2, -0.15) is 0 Å². The van der Waals surface area contributed by atoms with Crippen LogP contribution < -0.4 is 5.32 Å². The maximum Gasteiger partial charge on any atom is 0.275 e. The van der Waals surface area contributed by atoms with Crippen LogP contribution in [0.5, 0.6) is 0 Å². The van der Waals surface area contributed by atoms with Crippen molar-refractivity contribution >= 4 is 23.2 Å². The van der Waals surface area contributed by atoms with Gasteiger partial charge in [-0.05, 0) is 69.0 Å². The van der Waals surface area contributed by atoms with E-state index in [9.17, 15) is 14.0 Å². The molecule has 0 aromatic heterocycles. The predicted octanol–water partition coefficient (Wildman–Crippen LogP) is 4.45. The summed E-state index contributed by atoms with van der Waals surface area (Å²) in [6.07, 6.45) is 5.59. The van der Waals surface area contributed by atoms with Gasteiger partial charge < -0.3 is 10.2 Å². The maximum absolute atomic E-state index is 13.4. The summed E-state index contributed by atoms with van der Waals surface area (Å²) >= 11 is 0. The largest absolute Gasteiger partial charge is 0.325 e. The van der Waals surface area contributed by atoms with Gasteiger partial charge in [-0.1, -0.05) is 30.5 Å². The minimum atomic E-state index is -0.693. The van der Waals surface area contributed by atoms with Crippen LogP contribution in [0.4, 0.5) is 10.1 Å². The summed E-state index contributed by atoms with van der Waals surface area (Å²) in [5.74, 6) is -0.864. The van der Waals surface area contributed by atoms with E-state index >= 15 is 0 Å². The molecule has 1 N–H and O–H groups in total. The molecule has 2 aromatic carbocycles. The van der Waals surface area contributed by atoms with Gasteiger partial charge in [0, 0.05) is 11.3 Å². The molecule has 5 nitrogen and oxygen atoms in total. The Hall–Kier alpha value is -3.02. The Bertz CT molecular complexity index is 959. The van der Waals surface area contributed by atoms with Gasteiger partial charge in [0.05, 0.1) is 0 Å². The van der Waals surface area contributed by atoms with Gasteiger partial charge in [0.25, 0.3) is 5.91 Å². The van der Waals surface area contributed by atoms with E-state index in [0.29, 0.717) is 17.0 Å². The van der Waals surface area contributed by atoms with Crippen molar-refractivity contribution in [3.05, 3.63) is 65.5 Å². The summed E-state index contributed by atoms with van der Waals surface area (Å²) in [6, 6.07) is 13.4. The summed E-state index contributed by atoms with van der Waals surface area (Å²) in [5, 5.41) is 2.88. The molecule has 4 rings (SSSR count). The number of anilines is 1. The minimum Gasteiger partial charge on any atom is -0.325 e. The molecule has 1 heterocycles. The van der Waals surface area contributed by atoms with Crippen molar-refractivity contribution in [2.75, 3.05) is 11.9 Å². The molecular weight excluding hydrogens is 381 g/mol. The molecule has 1 fully saturated rings. The zero-order valence-electron chi connectivity index (χ0n) is 17.2. The number of hydrogen-bond donors (Lipinski definition) is 1. The molecule has 156 valence electrons. The molecule has 1 aliphatic carbocycles. The number of rotatable bonds is 4. The third kappa shape index (κ3) is 4.13. The smallest absolute Gasteiger partial charge is 0.275 e. The monoisotopic (exact) mass is 407 g/mol. The van der Waals surface area contributed by atoms with Gasteiger partial charge in [-0.15, -0.1) is 0 Å². The fourth-order valence-corrected chi connectivity index (χ4v) is 4.31. The highest BCUT2D eigenvalue weighted by Crippen LogP contribution is 2.38. The fourth-order valence-electron chi connectivity index (χ4n) is 4.31. The number of aryl methyl sites for hydroxylation is 1. The number of carbonyl (C=O) groups excluding carboxylic acids is 2. The van der Waals surface area contributed by atoms with Crippen molar-refractivity contribution in [2.24, 2.45) is 4.99 Å². The first-order chi connectivity index (χ1) is 14.5. The fraction of sp³-hybridized carbons (Fsp3) is 0.375. The summed E-state index contributed by atoms with van der Waals surface area (Å²) in [5.41, 5.74) is 2.03. The van der Waals surface area contributed by atoms with Crippen molar-refractivity contribution in [1.29, 1.82) is 0 Å². The van der Waals surface area contributed by atoms with Gasteiger partial charge in [0.2, 0.25) is 5.91 Å². The molecule has 1 saturated carbocycles. The molecule has 0 unspecified atom stereocenters. The minimum absolute atomic E-state index is 0.0547. The second-order valence-corrected chi connectivity index (χ2v) is 8.17. The lowest BCUT2D eigenvalue weighted by Crippen LogP contribution is -2.50. The van der Waals surface area contributed by atoms with Gasteiger partial charge in [0.1, 0.15) is 23.7 Å². The van der Waals surface area contributed by atoms with E-state index in [2.05, 4.69) is 5.32 Å². The normalized spacial score (nSPS) is 18.3. The number of amides is 2. The van der Waals surface area contributed by atoms with Crippen LogP contribution in [0.3, 0.4) is 0 Å². The molecule has 0 bridgehead atoms. The van der Waals surface area contributed by atoms with Crippen LogP contribution in [-0.4, -0.2) is 34.6 Å². The van der Waals surface area contributed by atoms with Crippen LogP contribution in [0.25, 0.3) is 0 Å². The zero-order chi connectivity index (χ0) is 21.1. The van der Waals surface area contributed by atoms with Crippen LogP contribution >= 0.6 is 0 Å². The number of halogens is 1. The SMILES string of the molecule is Cc1ccc(NC(=O)CN2C(=O)C(c3ccc(F)cc3)=NC23CCCCCC3)cc1. The van der Waals surface area contributed by atoms with Crippen LogP contribution in [0, 0.1) is 12.7 Å². The van der Waals surface area contributed by atoms with Crippen molar-refractivity contribution in [3.8, 4) is 0 Å². The predicted molar refractivity (Wildman–Crippen MR) is 115 cm³/mol. The summed E-state index contributed by atoms with van der Waals surface area (Å²) in [6.45, 7) is 1.93. The lowest BCUT2D eigenvalue weighted by molar-refractivity contribution is -0.133. The third-order valence-electron chi connectivity index (χ3n) is 5.93. The molecule has 2 aliphatic rings. The second kappa shape index (κ2) is 8.38. The first kappa shape index (κ1) is 20.3. The Labute approximate surface area is 176 Å². The Morgan fingerprint density at radius 2 is 1.67 bits per heavy atom. The van der Waals surface area contributed by atoms with Crippen molar-refractivity contribution in [3.63, 3.8) is 0 Å².